The minimum atomic E-state index is -3.13. The normalized spacial score (nSPS) is 10.7. The van der Waals surface area contributed by atoms with Gasteiger partial charge in [0.25, 0.3) is 5.91 Å². The van der Waals surface area contributed by atoms with Crippen molar-refractivity contribution in [2.45, 2.75) is 13.5 Å². The van der Waals surface area contributed by atoms with E-state index >= 15 is 0 Å². The molecule has 2 aromatic rings. The SMILES string of the molecule is Cc1[nH]nc(C(=O)Nc2ccc(OC(F)F)c(F)c2)c1N. The van der Waals surface area contributed by atoms with Crippen molar-refractivity contribution in [2.24, 2.45) is 0 Å². The highest BCUT2D eigenvalue weighted by molar-refractivity contribution is 6.06. The van der Waals surface area contributed by atoms with E-state index in [2.05, 4.69) is 20.3 Å². The number of aromatic nitrogens is 2. The Morgan fingerprint density at radius 2 is 2.19 bits per heavy atom. The lowest BCUT2D eigenvalue weighted by Crippen LogP contribution is -2.14. The molecule has 0 saturated heterocycles. The molecule has 0 aliphatic carbocycles. The molecule has 1 heterocycles. The number of nitrogens with zero attached hydrogens (tertiary/aromatic N) is 1. The lowest BCUT2D eigenvalue weighted by Gasteiger charge is -2.08. The minimum absolute atomic E-state index is 0.0409. The summed E-state index contributed by atoms with van der Waals surface area (Å²) in [5.74, 6) is -2.30. The van der Waals surface area contributed by atoms with Crippen molar-refractivity contribution in [1.82, 2.24) is 10.2 Å². The number of ether oxygens (including phenoxy) is 1. The number of aromatic amines is 1. The fourth-order valence-corrected chi connectivity index (χ4v) is 1.57. The number of halogens is 3. The molecular weight excluding hydrogens is 289 g/mol. The Morgan fingerprint density at radius 3 is 2.71 bits per heavy atom. The number of H-pyrrole nitrogens is 1. The lowest BCUT2D eigenvalue weighted by molar-refractivity contribution is -0.0521. The van der Waals surface area contributed by atoms with Crippen molar-refractivity contribution in [1.29, 1.82) is 0 Å². The number of anilines is 2. The zero-order valence-corrected chi connectivity index (χ0v) is 10.8. The monoisotopic (exact) mass is 300 g/mol. The molecule has 2 rings (SSSR count). The third-order valence-electron chi connectivity index (χ3n) is 2.62. The van der Waals surface area contributed by atoms with E-state index in [4.69, 9.17) is 5.73 Å². The van der Waals surface area contributed by atoms with Crippen molar-refractivity contribution >= 4 is 17.3 Å². The first kappa shape index (κ1) is 14.7. The fraction of sp³-hybridized carbons (Fsp3) is 0.167. The van der Waals surface area contributed by atoms with Gasteiger partial charge in [-0.3, -0.25) is 9.89 Å². The van der Waals surface area contributed by atoms with Crippen molar-refractivity contribution < 1.29 is 22.7 Å². The van der Waals surface area contributed by atoms with Crippen molar-refractivity contribution in [3.63, 3.8) is 0 Å². The quantitative estimate of drug-likeness (QED) is 0.807. The van der Waals surface area contributed by atoms with Crippen molar-refractivity contribution in [3.8, 4) is 5.75 Å². The number of benzene rings is 1. The first-order valence-corrected chi connectivity index (χ1v) is 5.74. The number of carbonyl (C=O) groups is 1. The standard InChI is InChI=1S/C12H11F3N4O2/c1-5-9(16)10(19-18-5)11(20)17-6-2-3-8(7(13)4-6)21-12(14)15/h2-4,12H,16H2,1H3,(H,17,20)(H,18,19). The molecule has 0 aliphatic heterocycles. The van der Waals surface area contributed by atoms with Gasteiger partial charge in [-0.1, -0.05) is 0 Å². The molecule has 0 spiro atoms. The third-order valence-corrected chi connectivity index (χ3v) is 2.62. The van der Waals surface area contributed by atoms with Crippen LogP contribution in [0.5, 0.6) is 5.75 Å². The summed E-state index contributed by atoms with van der Waals surface area (Å²) in [4.78, 5) is 11.9. The van der Waals surface area contributed by atoms with E-state index in [-0.39, 0.29) is 17.1 Å². The molecule has 4 N–H and O–H groups in total. The number of nitrogens with one attached hydrogen (secondary N) is 2. The smallest absolute Gasteiger partial charge is 0.387 e. The average Bonchev–Trinajstić information content (AvgIpc) is 2.73. The molecule has 1 aromatic carbocycles. The van der Waals surface area contributed by atoms with Crippen LogP contribution in [-0.4, -0.2) is 22.7 Å². The van der Waals surface area contributed by atoms with Crippen LogP contribution in [0, 0.1) is 12.7 Å². The van der Waals surface area contributed by atoms with Gasteiger partial charge < -0.3 is 15.8 Å². The van der Waals surface area contributed by atoms with Crippen LogP contribution in [0.15, 0.2) is 18.2 Å². The van der Waals surface area contributed by atoms with E-state index < -0.39 is 24.1 Å². The summed E-state index contributed by atoms with van der Waals surface area (Å²) in [6.45, 7) is -1.50. The van der Waals surface area contributed by atoms with E-state index in [9.17, 15) is 18.0 Å². The fourth-order valence-electron chi connectivity index (χ4n) is 1.57. The molecule has 9 heteroatoms. The van der Waals surface area contributed by atoms with Gasteiger partial charge in [-0.2, -0.15) is 13.9 Å². The largest absolute Gasteiger partial charge is 0.432 e. The van der Waals surface area contributed by atoms with Crippen LogP contribution in [0.1, 0.15) is 16.2 Å². The van der Waals surface area contributed by atoms with Gasteiger partial charge in [-0.05, 0) is 19.1 Å². The van der Waals surface area contributed by atoms with Gasteiger partial charge in [-0.25, -0.2) is 4.39 Å². The lowest BCUT2D eigenvalue weighted by atomic mass is 10.2. The van der Waals surface area contributed by atoms with Crippen LogP contribution < -0.4 is 15.8 Å². The van der Waals surface area contributed by atoms with Gasteiger partial charge in [0, 0.05) is 11.8 Å². The zero-order chi connectivity index (χ0) is 15.6. The summed E-state index contributed by atoms with van der Waals surface area (Å²) >= 11 is 0. The molecule has 1 aromatic heterocycles. The van der Waals surface area contributed by atoms with Crippen LogP contribution in [0.25, 0.3) is 0 Å². The molecule has 0 bridgehead atoms. The molecule has 0 atom stereocenters. The maximum atomic E-state index is 13.5. The Hall–Kier alpha value is -2.71. The molecule has 0 radical (unpaired) electrons. The molecule has 112 valence electrons. The molecule has 0 saturated carbocycles. The second-order valence-corrected chi connectivity index (χ2v) is 4.09. The molecular formula is C12H11F3N4O2. The molecule has 0 fully saturated rings. The number of carbonyl (C=O) groups excluding carboxylic acids is 1. The van der Waals surface area contributed by atoms with Crippen LogP contribution in [0.4, 0.5) is 24.5 Å². The number of aryl methyl sites for hydroxylation is 1. The Labute approximate surface area is 117 Å². The first-order valence-electron chi connectivity index (χ1n) is 5.74. The van der Waals surface area contributed by atoms with Gasteiger partial charge in [0.2, 0.25) is 0 Å². The van der Waals surface area contributed by atoms with Gasteiger partial charge in [0.15, 0.2) is 17.3 Å². The van der Waals surface area contributed by atoms with Crippen molar-refractivity contribution in [3.05, 3.63) is 35.4 Å². The number of hydrogen-bond donors (Lipinski definition) is 3. The predicted octanol–water partition coefficient (Wildman–Crippen LogP) is 2.29. The predicted molar refractivity (Wildman–Crippen MR) is 68.7 cm³/mol. The summed E-state index contributed by atoms with van der Waals surface area (Å²) in [6.07, 6.45) is 0. The zero-order valence-electron chi connectivity index (χ0n) is 10.8. The van der Waals surface area contributed by atoms with Crippen LogP contribution in [-0.2, 0) is 0 Å². The molecule has 1 amide bonds. The Kier molecular flexibility index (Phi) is 4.01. The average molecular weight is 300 g/mol. The van der Waals surface area contributed by atoms with E-state index in [0.29, 0.717) is 5.69 Å². The van der Waals surface area contributed by atoms with Gasteiger partial charge in [0.1, 0.15) is 0 Å². The Bertz CT molecular complexity index is 673. The summed E-state index contributed by atoms with van der Waals surface area (Å²) in [7, 11) is 0. The number of nitrogens with two attached hydrogens (primary N) is 1. The van der Waals surface area contributed by atoms with Gasteiger partial charge in [-0.15, -0.1) is 0 Å². The van der Waals surface area contributed by atoms with E-state index in [1.165, 1.54) is 6.07 Å². The highest BCUT2D eigenvalue weighted by Crippen LogP contribution is 2.23. The summed E-state index contributed by atoms with van der Waals surface area (Å²) in [5, 5.41) is 8.59. The Balaban J connectivity index is 2.15. The Morgan fingerprint density at radius 1 is 1.48 bits per heavy atom. The molecule has 0 unspecified atom stereocenters. The second-order valence-electron chi connectivity index (χ2n) is 4.09. The van der Waals surface area contributed by atoms with E-state index in [0.717, 1.165) is 12.1 Å². The number of amides is 1. The molecule has 0 aliphatic rings. The van der Waals surface area contributed by atoms with Crippen LogP contribution in [0.3, 0.4) is 0 Å². The maximum absolute atomic E-state index is 13.5. The number of rotatable bonds is 4. The topological polar surface area (TPSA) is 93.0 Å². The van der Waals surface area contributed by atoms with Crippen molar-refractivity contribution in [2.75, 3.05) is 11.1 Å². The minimum Gasteiger partial charge on any atom is -0.432 e. The summed E-state index contributed by atoms with van der Waals surface area (Å²) < 4.78 is 41.4. The second kappa shape index (κ2) is 5.73. The first-order chi connectivity index (χ1) is 9.88. The summed E-state index contributed by atoms with van der Waals surface area (Å²) in [6, 6.07) is 3.05. The van der Waals surface area contributed by atoms with Crippen LogP contribution in [0.2, 0.25) is 0 Å². The van der Waals surface area contributed by atoms with Crippen LogP contribution >= 0.6 is 0 Å². The number of alkyl halides is 2. The third kappa shape index (κ3) is 3.25. The molecule has 6 nitrogen and oxygen atoms in total. The van der Waals surface area contributed by atoms with Gasteiger partial charge in [0.05, 0.1) is 11.4 Å². The number of nitrogen functional groups attached to an aromatic ring is 1. The van der Waals surface area contributed by atoms with Gasteiger partial charge >= 0.3 is 6.61 Å². The highest BCUT2D eigenvalue weighted by Gasteiger charge is 2.16. The number of hydrogen-bond acceptors (Lipinski definition) is 4. The highest BCUT2D eigenvalue weighted by atomic mass is 19.3. The maximum Gasteiger partial charge on any atom is 0.387 e. The van der Waals surface area contributed by atoms with E-state index in [1.54, 1.807) is 6.92 Å². The van der Waals surface area contributed by atoms with E-state index in [1.807, 2.05) is 0 Å². The summed E-state index contributed by atoms with van der Waals surface area (Å²) in [5.41, 5.74) is 6.34. The molecule has 21 heavy (non-hydrogen) atoms.